The molecule has 180 valence electrons. The fourth-order valence-corrected chi connectivity index (χ4v) is 6.04. The zero-order valence-electron chi connectivity index (χ0n) is 18.5. The second-order valence-electron chi connectivity index (χ2n) is 8.38. The summed E-state index contributed by atoms with van der Waals surface area (Å²) >= 11 is 6.08. The summed E-state index contributed by atoms with van der Waals surface area (Å²) in [7, 11) is -3.11. The van der Waals surface area contributed by atoms with E-state index in [0.717, 1.165) is 5.56 Å². The molecule has 0 bridgehead atoms. The smallest absolute Gasteiger partial charge is 0.153 e. The van der Waals surface area contributed by atoms with Crippen molar-refractivity contribution in [3.05, 3.63) is 77.0 Å². The average Bonchev–Trinajstić information content (AvgIpc) is 3.43. The zero-order valence-corrected chi connectivity index (χ0v) is 20.0. The molecule has 1 saturated heterocycles. The number of carbonyl (C=O) groups excluding carboxylic acids is 1. The van der Waals surface area contributed by atoms with E-state index in [0.29, 0.717) is 47.1 Å². The van der Waals surface area contributed by atoms with Crippen LogP contribution in [0, 0.1) is 0 Å². The number of para-hydroxylation sites is 1. The lowest BCUT2D eigenvalue weighted by Crippen LogP contribution is -2.42. The van der Waals surface area contributed by atoms with Crippen LogP contribution in [0.1, 0.15) is 22.5 Å². The number of hydrogen-bond donors (Lipinski definition) is 1. The molecule has 1 aliphatic rings. The van der Waals surface area contributed by atoms with Crippen LogP contribution in [0.4, 0.5) is 0 Å². The average molecular weight is 504 g/mol. The number of hydrogen-bond acceptors (Lipinski definition) is 7. The minimum absolute atomic E-state index is 0.0350. The van der Waals surface area contributed by atoms with Crippen molar-refractivity contribution >= 4 is 27.7 Å². The van der Waals surface area contributed by atoms with Gasteiger partial charge in [-0.2, -0.15) is 0 Å². The normalized spacial score (nSPS) is 18.1. The first-order valence-electron chi connectivity index (χ1n) is 11.0. The molecule has 1 fully saturated rings. The first kappa shape index (κ1) is 24.5. The predicted molar refractivity (Wildman–Crippen MR) is 130 cm³/mol. The number of aliphatic hydroxyl groups is 1. The molecule has 9 heteroatoms. The Bertz CT molecular complexity index is 1240. The van der Waals surface area contributed by atoms with Gasteiger partial charge in [0.2, 0.25) is 0 Å². The molecule has 7 nitrogen and oxygen atoms in total. The topological polar surface area (TPSA) is 97.1 Å². The van der Waals surface area contributed by atoms with E-state index in [-0.39, 0.29) is 30.7 Å². The Morgan fingerprint density at radius 3 is 2.74 bits per heavy atom. The summed E-state index contributed by atoms with van der Waals surface area (Å²) in [5, 5.41) is 11.3. The van der Waals surface area contributed by atoms with Crippen molar-refractivity contribution in [2.45, 2.75) is 25.1 Å². The highest BCUT2D eigenvalue weighted by Crippen LogP contribution is 2.27. The molecule has 1 aromatic heterocycles. The first-order chi connectivity index (χ1) is 16.3. The van der Waals surface area contributed by atoms with Crippen LogP contribution in [0.5, 0.6) is 5.75 Å². The van der Waals surface area contributed by atoms with Crippen LogP contribution in [0.15, 0.2) is 65.1 Å². The molecule has 0 radical (unpaired) electrons. The number of rotatable bonds is 10. The Kier molecular flexibility index (Phi) is 7.73. The van der Waals surface area contributed by atoms with Gasteiger partial charge >= 0.3 is 0 Å². The fraction of sp³-hybridized carbons (Fsp3) is 0.320. The van der Waals surface area contributed by atoms with E-state index in [4.69, 9.17) is 20.8 Å². The van der Waals surface area contributed by atoms with Crippen molar-refractivity contribution in [2.24, 2.45) is 0 Å². The third kappa shape index (κ3) is 6.27. The summed E-state index contributed by atoms with van der Waals surface area (Å²) in [5.41, 5.74) is 1.24. The summed E-state index contributed by atoms with van der Waals surface area (Å²) in [5.74, 6) is 1.86. The molecule has 34 heavy (non-hydrogen) atoms. The van der Waals surface area contributed by atoms with E-state index in [1.54, 1.807) is 30.3 Å². The maximum Gasteiger partial charge on any atom is 0.153 e. The van der Waals surface area contributed by atoms with Crippen molar-refractivity contribution in [3.8, 4) is 17.1 Å². The van der Waals surface area contributed by atoms with E-state index < -0.39 is 15.9 Å². The molecular formula is C25H26ClNO6S. The predicted octanol–water partition coefficient (Wildman–Crippen LogP) is 3.84. The second-order valence-corrected chi connectivity index (χ2v) is 11.0. The van der Waals surface area contributed by atoms with Crippen molar-refractivity contribution in [1.82, 2.24) is 4.90 Å². The van der Waals surface area contributed by atoms with Crippen LogP contribution in [0.2, 0.25) is 5.02 Å². The fourth-order valence-electron chi connectivity index (χ4n) is 4.08. The third-order valence-corrected chi connectivity index (χ3v) is 7.76. The molecule has 3 aromatic rings. The zero-order chi connectivity index (χ0) is 24.1. The number of sulfone groups is 1. The molecule has 2 atom stereocenters. The lowest BCUT2D eigenvalue weighted by atomic mass is 10.2. The Labute approximate surface area is 203 Å². The Hall–Kier alpha value is -2.65. The van der Waals surface area contributed by atoms with Crippen LogP contribution >= 0.6 is 11.6 Å². The molecule has 1 aliphatic heterocycles. The molecule has 0 spiro atoms. The molecule has 1 N–H and O–H groups in total. The van der Waals surface area contributed by atoms with E-state index >= 15 is 0 Å². The van der Waals surface area contributed by atoms with Crippen LogP contribution in [-0.2, 0) is 16.4 Å². The number of carbonyl (C=O) groups is 1. The second kappa shape index (κ2) is 10.7. The van der Waals surface area contributed by atoms with Crippen molar-refractivity contribution in [3.63, 3.8) is 0 Å². The summed E-state index contributed by atoms with van der Waals surface area (Å²) in [6, 6.07) is 17.6. The standard InChI is InChI=1S/C25H26ClNO6S/c26-20-6-3-5-18(12-20)25-9-8-23(33-25)14-27(21-10-11-34(30,31)17-21)13-22(29)16-32-24-7-2-1-4-19(24)15-28/h1-9,12,15,21-22,29H,10-11,13-14,16-17H2. The van der Waals surface area contributed by atoms with Gasteiger partial charge in [-0.25, -0.2) is 8.42 Å². The minimum Gasteiger partial charge on any atom is -0.490 e. The van der Waals surface area contributed by atoms with Crippen LogP contribution in [0.3, 0.4) is 0 Å². The van der Waals surface area contributed by atoms with Gasteiger partial charge in [0, 0.05) is 23.2 Å². The highest BCUT2D eigenvalue weighted by molar-refractivity contribution is 7.91. The molecular weight excluding hydrogens is 478 g/mol. The highest BCUT2D eigenvalue weighted by Gasteiger charge is 2.33. The van der Waals surface area contributed by atoms with Gasteiger partial charge < -0.3 is 14.3 Å². The van der Waals surface area contributed by atoms with Gasteiger partial charge in [-0.05, 0) is 42.8 Å². The lowest BCUT2D eigenvalue weighted by Gasteiger charge is -2.29. The number of benzene rings is 2. The SMILES string of the molecule is O=Cc1ccccc1OCC(O)CN(Cc1ccc(-c2cccc(Cl)c2)o1)C1CCS(=O)(=O)C1. The maximum absolute atomic E-state index is 12.1. The molecule has 0 amide bonds. The Balaban J connectivity index is 1.46. The van der Waals surface area contributed by atoms with Crippen LogP contribution in [0.25, 0.3) is 11.3 Å². The van der Waals surface area contributed by atoms with E-state index in [1.165, 1.54) is 0 Å². The molecule has 2 aromatic carbocycles. The monoisotopic (exact) mass is 503 g/mol. The van der Waals surface area contributed by atoms with Crippen molar-refractivity contribution in [1.29, 1.82) is 0 Å². The van der Waals surface area contributed by atoms with E-state index in [9.17, 15) is 18.3 Å². The molecule has 2 unspecified atom stereocenters. The van der Waals surface area contributed by atoms with E-state index in [1.807, 2.05) is 35.2 Å². The Morgan fingerprint density at radius 2 is 2.00 bits per heavy atom. The van der Waals surface area contributed by atoms with Crippen LogP contribution < -0.4 is 4.74 Å². The minimum atomic E-state index is -3.11. The van der Waals surface area contributed by atoms with Crippen molar-refractivity contribution < 1.29 is 27.5 Å². The summed E-state index contributed by atoms with van der Waals surface area (Å²) < 4.78 is 35.9. The number of nitrogens with zero attached hydrogens (tertiary/aromatic N) is 1. The Morgan fingerprint density at radius 1 is 1.18 bits per heavy atom. The van der Waals surface area contributed by atoms with Gasteiger partial charge in [0.05, 0.1) is 23.6 Å². The van der Waals surface area contributed by atoms with Crippen molar-refractivity contribution in [2.75, 3.05) is 24.7 Å². The van der Waals surface area contributed by atoms with E-state index in [2.05, 4.69) is 0 Å². The summed E-state index contributed by atoms with van der Waals surface area (Å²) in [4.78, 5) is 13.1. The maximum atomic E-state index is 12.1. The quantitative estimate of drug-likeness (QED) is 0.420. The lowest BCUT2D eigenvalue weighted by molar-refractivity contribution is 0.0495. The molecule has 4 rings (SSSR count). The highest BCUT2D eigenvalue weighted by atomic mass is 35.5. The van der Waals surface area contributed by atoms with Gasteiger partial charge in [-0.1, -0.05) is 35.9 Å². The number of halogens is 1. The number of aliphatic hydroxyl groups excluding tert-OH is 1. The number of ether oxygens (including phenoxy) is 1. The van der Waals surface area contributed by atoms with Gasteiger partial charge in [0.25, 0.3) is 0 Å². The molecule has 0 saturated carbocycles. The van der Waals surface area contributed by atoms with Gasteiger partial charge in [-0.3, -0.25) is 9.69 Å². The third-order valence-electron chi connectivity index (χ3n) is 5.78. The first-order valence-corrected chi connectivity index (χ1v) is 13.2. The summed E-state index contributed by atoms with van der Waals surface area (Å²) in [6.07, 6.45) is 0.294. The van der Waals surface area contributed by atoms with Gasteiger partial charge in [-0.15, -0.1) is 0 Å². The molecule has 0 aliphatic carbocycles. The largest absolute Gasteiger partial charge is 0.490 e. The number of aldehydes is 1. The van der Waals surface area contributed by atoms with Gasteiger partial charge in [0.15, 0.2) is 16.1 Å². The van der Waals surface area contributed by atoms with Gasteiger partial charge in [0.1, 0.15) is 30.0 Å². The van der Waals surface area contributed by atoms with Crippen LogP contribution in [-0.4, -0.2) is 61.5 Å². The molecule has 2 heterocycles. The summed E-state index contributed by atoms with van der Waals surface area (Å²) in [6.45, 7) is 0.492. The number of furan rings is 1.